The summed E-state index contributed by atoms with van der Waals surface area (Å²) in [7, 11) is 0. The normalized spacial score (nSPS) is 11.3. The number of likely N-dealkylation sites (N-methyl/N-ethyl adjacent to an activating group) is 1. The SMILES string of the molecule is CCN(CC(=O)Nc1cc(C(C)(C)C)nn1-c1ccc(F)cc1)C(=O)c1ccccc1Cl. The van der Waals surface area contributed by atoms with Crippen molar-refractivity contribution in [3.8, 4) is 5.69 Å². The number of hydrogen-bond acceptors (Lipinski definition) is 3. The molecule has 0 aliphatic carbocycles. The molecule has 0 unspecified atom stereocenters. The van der Waals surface area contributed by atoms with Gasteiger partial charge in [0.15, 0.2) is 0 Å². The van der Waals surface area contributed by atoms with Crippen molar-refractivity contribution in [3.05, 3.63) is 76.7 Å². The van der Waals surface area contributed by atoms with E-state index in [0.717, 1.165) is 5.69 Å². The average Bonchev–Trinajstić information content (AvgIpc) is 3.16. The number of rotatable bonds is 6. The molecule has 1 heterocycles. The van der Waals surface area contributed by atoms with Crippen LogP contribution in [-0.2, 0) is 10.2 Å². The molecule has 0 spiro atoms. The minimum Gasteiger partial charge on any atom is -0.330 e. The van der Waals surface area contributed by atoms with Gasteiger partial charge in [-0.15, -0.1) is 0 Å². The van der Waals surface area contributed by atoms with Gasteiger partial charge in [-0.3, -0.25) is 9.59 Å². The summed E-state index contributed by atoms with van der Waals surface area (Å²) in [6.45, 7) is 8.01. The second kappa shape index (κ2) is 9.53. The van der Waals surface area contributed by atoms with Gasteiger partial charge < -0.3 is 10.2 Å². The number of anilines is 1. The van der Waals surface area contributed by atoms with Crippen LogP contribution < -0.4 is 5.32 Å². The van der Waals surface area contributed by atoms with Crippen LogP contribution in [0.25, 0.3) is 5.69 Å². The van der Waals surface area contributed by atoms with Gasteiger partial charge in [0.25, 0.3) is 5.91 Å². The number of nitrogens with one attached hydrogen (secondary N) is 1. The second-order valence-electron chi connectivity index (χ2n) is 8.40. The zero-order valence-electron chi connectivity index (χ0n) is 18.5. The molecule has 168 valence electrons. The summed E-state index contributed by atoms with van der Waals surface area (Å²) < 4.78 is 14.9. The topological polar surface area (TPSA) is 67.2 Å². The first kappa shape index (κ1) is 23.5. The highest BCUT2D eigenvalue weighted by molar-refractivity contribution is 6.33. The van der Waals surface area contributed by atoms with Crippen molar-refractivity contribution in [2.45, 2.75) is 33.1 Å². The van der Waals surface area contributed by atoms with E-state index in [2.05, 4.69) is 10.4 Å². The lowest BCUT2D eigenvalue weighted by Gasteiger charge is -2.21. The van der Waals surface area contributed by atoms with Crippen molar-refractivity contribution in [3.63, 3.8) is 0 Å². The van der Waals surface area contributed by atoms with Crippen LogP contribution in [0.1, 0.15) is 43.7 Å². The van der Waals surface area contributed by atoms with Gasteiger partial charge in [-0.1, -0.05) is 44.5 Å². The largest absolute Gasteiger partial charge is 0.330 e. The molecule has 0 atom stereocenters. The molecule has 3 rings (SSSR count). The van der Waals surface area contributed by atoms with Gasteiger partial charge >= 0.3 is 0 Å². The zero-order valence-corrected chi connectivity index (χ0v) is 19.3. The molecule has 1 aromatic heterocycles. The fourth-order valence-corrected chi connectivity index (χ4v) is 3.32. The predicted octanol–water partition coefficient (Wildman–Crippen LogP) is 5.06. The first-order chi connectivity index (χ1) is 15.1. The Morgan fingerprint density at radius 1 is 1.12 bits per heavy atom. The van der Waals surface area contributed by atoms with E-state index in [1.54, 1.807) is 54.1 Å². The van der Waals surface area contributed by atoms with Crippen LogP contribution in [0.3, 0.4) is 0 Å². The van der Waals surface area contributed by atoms with E-state index in [-0.39, 0.29) is 29.6 Å². The predicted molar refractivity (Wildman–Crippen MR) is 124 cm³/mol. The third-order valence-electron chi connectivity index (χ3n) is 4.92. The molecule has 0 fully saturated rings. The average molecular weight is 457 g/mol. The fraction of sp³-hybridized carbons (Fsp3) is 0.292. The van der Waals surface area contributed by atoms with Gasteiger partial charge in [-0.2, -0.15) is 5.10 Å². The molecule has 2 amide bonds. The van der Waals surface area contributed by atoms with E-state index in [9.17, 15) is 14.0 Å². The number of halogens is 2. The van der Waals surface area contributed by atoms with Crippen LogP contribution in [0, 0.1) is 5.82 Å². The molecule has 1 N–H and O–H groups in total. The molecule has 2 aromatic carbocycles. The third kappa shape index (κ3) is 5.34. The van der Waals surface area contributed by atoms with Crippen molar-refractivity contribution in [1.29, 1.82) is 0 Å². The Labute approximate surface area is 192 Å². The summed E-state index contributed by atoms with van der Waals surface area (Å²) in [6, 6.07) is 14.4. The molecule has 0 aliphatic rings. The van der Waals surface area contributed by atoms with Crippen LogP contribution in [-0.4, -0.2) is 39.6 Å². The Morgan fingerprint density at radius 2 is 1.78 bits per heavy atom. The maximum atomic E-state index is 13.4. The summed E-state index contributed by atoms with van der Waals surface area (Å²) in [6.07, 6.45) is 0. The lowest BCUT2D eigenvalue weighted by atomic mass is 9.92. The van der Waals surface area contributed by atoms with Gasteiger partial charge in [0, 0.05) is 18.0 Å². The Balaban J connectivity index is 1.84. The minimum atomic E-state index is -0.379. The van der Waals surface area contributed by atoms with Crippen molar-refractivity contribution < 1.29 is 14.0 Å². The Bertz CT molecular complexity index is 1120. The molecule has 0 saturated heterocycles. The summed E-state index contributed by atoms with van der Waals surface area (Å²) in [4.78, 5) is 27.1. The van der Waals surface area contributed by atoms with Crippen LogP contribution in [0.4, 0.5) is 10.2 Å². The van der Waals surface area contributed by atoms with E-state index in [4.69, 9.17) is 11.6 Å². The number of hydrogen-bond donors (Lipinski definition) is 1. The van der Waals surface area contributed by atoms with Crippen molar-refractivity contribution in [1.82, 2.24) is 14.7 Å². The van der Waals surface area contributed by atoms with E-state index in [1.807, 2.05) is 20.8 Å². The van der Waals surface area contributed by atoms with Crippen LogP contribution in [0.2, 0.25) is 5.02 Å². The Morgan fingerprint density at radius 3 is 2.38 bits per heavy atom. The first-order valence-electron chi connectivity index (χ1n) is 10.3. The standard InChI is InChI=1S/C24H26ClFN4O2/c1-5-29(23(32)18-8-6-7-9-19(18)25)15-22(31)27-21-14-20(24(2,3)4)28-30(21)17-12-10-16(26)11-13-17/h6-14H,5,15H2,1-4H3,(H,27,31). The van der Waals surface area contributed by atoms with E-state index < -0.39 is 0 Å². The van der Waals surface area contributed by atoms with E-state index >= 15 is 0 Å². The number of carbonyl (C=O) groups is 2. The zero-order chi connectivity index (χ0) is 23.5. The summed E-state index contributed by atoms with van der Waals surface area (Å²) in [5, 5.41) is 7.79. The molecule has 3 aromatic rings. The third-order valence-corrected chi connectivity index (χ3v) is 5.25. The van der Waals surface area contributed by atoms with Gasteiger partial charge in [0.2, 0.25) is 5.91 Å². The van der Waals surface area contributed by atoms with Crippen molar-refractivity contribution in [2.75, 3.05) is 18.4 Å². The molecule has 8 heteroatoms. The fourth-order valence-electron chi connectivity index (χ4n) is 3.10. The summed E-state index contributed by atoms with van der Waals surface area (Å²) in [5.41, 5.74) is 1.45. The highest BCUT2D eigenvalue weighted by Gasteiger charge is 2.23. The molecule has 0 radical (unpaired) electrons. The molecule has 0 bridgehead atoms. The van der Waals surface area contributed by atoms with Crippen LogP contribution in [0.5, 0.6) is 0 Å². The second-order valence-corrected chi connectivity index (χ2v) is 8.81. The van der Waals surface area contributed by atoms with Crippen LogP contribution in [0.15, 0.2) is 54.6 Å². The van der Waals surface area contributed by atoms with E-state index in [0.29, 0.717) is 28.6 Å². The maximum Gasteiger partial charge on any atom is 0.255 e. The number of carbonyl (C=O) groups excluding carboxylic acids is 2. The first-order valence-corrected chi connectivity index (χ1v) is 10.7. The molecular formula is C24H26ClFN4O2. The van der Waals surface area contributed by atoms with Crippen molar-refractivity contribution >= 4 is 29.2 Å². The minimum absolute atomic E-state index is 0.153. The molecular weight excluding hydrogens is 431 g/mol. The van der Waals surface area contributed by atoms with Gasteiger partial charge in [0.05, 0.1) is 22.0 Å². The van der Waals surface area contributed by atoms with Crippen LogP contribution >= 0.6 is 11.6 Å². The smallest absolute Gasteiger partial charge is 0.255 e. The molecule has 32 heavy (non-hydrogen) atoms. The summed E-state index contributed by atoms with van der Waals surface area (Å²) >= 11 is 6.15. The number of benzene rings is 2. The van der Waals surface area contributed by atoms with Gasteiger partial charge in [-0.05, 0) is 43.3 Å². The Kier molecular flexibility index (Phi) is 6.99. The lowest BCUT2D eigenvalue weighted by molar-refractivity contribution is -0.116. The summed E-state index contributed by atoms with van der Waals surface area (Å²) in [5.74, 6) is -0.626. The monoisotopic (exact) mass is 456 g/mol. The molecule has 0 aliphatic heterocycles. The molecule has 6 nitrogen and oxygen atoms in total. The maximum absolute atomic E-state index is 13.4. The molecule has 0 saturated carbocycles. The highest BCUT2D eigenvalue weighted by Crippen LogP contribution is 2.26. The van der Waals surface area contributed by atoms with E-state index in [1.165, 1.54) is 17.0 Å². The highest BCUT2D eigenvalue weighted by atomic mass is 35.5. The number of aromatic nitrogens is 2. The van der Waals surface area contributed by atoms with Crippen molar-refractivity contribution in [2.24, 2.45) is 0 Å². The number of amides is 2. The number of nitrogens with zero attached hydrogens (tertiary/aromatic N) is 3. The van der Waals surface area contributed by atoms with Gasteiger partial charge in [0.1, 0.15) is 18.2 Å². The lowest BCUT2D eigenvalue weighted by Crippen LogP contribution is -2.38. The Hall–Kier alpha value is -3.19. The van der Waals surface area contributed by atoms with Gasteiger partial charge in [-0.25, -0.2) is 9.07 Å². The quantitative estimate of drug-likeness (QED) is 0.563.